The summed E-state index contributed by atoms with van der Waals surface area (Å²) in [5, 5.41) is 10.2. The minimum absolute atomic E-state index is 0. The molecule has 1 aromatic carbocycles. The molecule has 0 aliphatic carbocycles. The summed E-state index contributed by atoms with van der Waals surface area (Å²) in [6.07, 6.45) is 0. The zero-order valence-corrected chi connectivity index (χ0v) is 5.91. The van der Waals surface area contributed by atoms with Gasteiger partial charge in [-0.05, 0) is 6.07 Å². The van der Waals surface area contributed by atoms with E-state index in [9.17, 15) is 10.1 Å². The number of hydrogen-bond acceptors (Lipinski definition) is 3. The van der Waals surface area contributed by atoms with Gasteiger partial charge in [-0.2, -0.15) is 0 Å². The van der Waals surface area contributed by atoms with E-state index >= 15 is 0 Å². The fourth-order valence-corrected chi connectivity index (χ4v) is 0.861. The van der Waals surface area contributed by atoms with Crippen LogP contribution in [0.25, 0.3) is 0 Å². The van der Waals surface area contributed by atoms with E-state index in [0.717, 1.165) is 0 Å². The van der Waals surface area contributed by atoms with E-state index in [4.69, 9.17) is 0 Å². The predicted molar refractivity (Wildman–Crippen MR) is 47.5 cm³/mol. The van der Waals surface area contributed by atoms with E-state index in [-0.39, 0.29) is 35.2 Å². The van der Waals surface area contributed by atoms with Crippen LogP contribution in [-0.2, 0) is 0 Å². The molecule has 0 unspecified atom stereocenters. The Bertz CT molecular complexity index is 267. The van der Waals surface area contributed by atoms with Crippen LogP contribution in [0, 0.1) is 10.1 Å². The average Bonchev–Trinajstić information content (AvgIpc) is 1.88. The van der Waals surface area contributed by atoms with Crippen molar-refractivity contribution < 1.29 is 4.92 Å². The number of para-hydroxylation sites is 1. The number of benzene rings is 1. The normalized spacial score (nSPS) is 8.45. The molecule has 0 heterocycles. The molecule has 0 atom stereocenters. The third-order valence-electron chi connectivity index (χ3n) is 1.08. The van der Waals surface area contributed by atoms with Crippen molar-refractivity contribution in [1.82, 2.24) is 0 Å². The number of nitro benzene ring substituents is 1. The monoisotopic (exact) mass is 179 g/mol. The van der Waals surface area contributed by atoms with Crippen LogP contribution in [0.15, 0.2) is 29.2 Å². The molecule has 11 heavy (non-hydrogen) atoms. The second-order valence-electron chi connectivity index (χ2n) is 1.75. The van der Waals surface area contributed by atoms with Gasteiger partial charge in [0.05, 0.1) is 9.82 Å². The molecule has 0 aliphatic heterocycles. The Kier molecular flexibility index (Phi) is 4.76. The Morgan fingerprint density at radius 3 is 2.27 bits per heavy atom. The Balaban J connectivity index is 0.000001000. The molecule has 0 N–H and O–H groups in total. The van der Waals surface area contributed by atoms with Crippen molar-refractivity contribution in [3.05, 3.63) is 34.4 Å². The molecule has 3 nitrogen and oxygen atoms in total. The van der Waals surface area contributed by atoms with Crippen molar-refractivity contribution in [2.75, 3.05) is 0 Å². The number of thiol groups is 1. The molecule has 0 bridgehead atoms. The Hall–Kier alpha value is -0.0300. The first kappa shape index (κ1) is 11.0. The molecular weight excluding hydrogens is 173 g/mol. The fraction of sp³-hybridized carbons (Fsp3) is 0. The Morgan fingerprint density at radius 2 is 1.91 bits per heavy atom. The minimum atomic E-state index is -0.456. The van der Waals surface area contributed by atoms with Gasteiger partial charge < -0.3 is 0 Å². The first-order valence-electron chi connectivity index (χ1n) is 2.64. The molecular formula is C6H6NNaO2S. The van der Waals surface area contributed by atoms with E-state index < -0.39 is 4.92 Å². The molecule has 1 rings (SSSR count). The van der Waals surface area contributed by atoms with Crippen molar-refractivity contribution in [3.63, 3.8) is 0 Å². The van der Waals surface area contributed by atoms with Crippen molar-refractivity contribution in [1.29, 1.82) is 0 Å². The molecule has 0 radical (unpaired) electrons. The summed E-state index contributed by atoms with van der Waals surface area (Å²) in [6.45, 7) is 0. The quantitative estimate of drug-likeness (QED) is 0.305. The molecule has 0 aromatic heterocycles. The van der Waals surface area contributed by atoms with E-state index in [1.54, 1.807) is 18.2 Å². The van der Waals surface area contributed by atoms with Crippen LogP contribution in [0.3, 0.4) is 0 Å². The van der Waals surface area contributed by atoms with E-state index in [1.165, 1.54) is 6.07 Å². The second-order valence-corrected chi connectivity index (χ2v) is 2.23. The average molecular weight is 179 g/mol. The maximum absolute atomic E-state index is 10.2. The van der Waals surface area contributed by atoms with Gasteiger partial charge in [0, 0.05) is 6.07 Å². The third-order valence-corrected chi connectivity index (χ3v) is 1.46. The van der Waals surface area contributed by atoms with Crippen molar-refractivity contribution in [2.24, 2.45) is 0 Å². The van der Waals surface area contributed by atoms with Gasteiger partial charge in [-0.3, -0.25) is 10.1 Å². The molecule has 0 fully saturated rings. The van der Waals surface area contributed by atoms with E-state index in [1.807, 2.05) is 0 Å². The summed E-state index contributed by atoms with van der Waals surface area (Å²) in [4.78, 5) is 10.1. The van der Waals surface area contributed by atoms with Gasteiger partial charge in [-0.25, -0.2) is 0 Å². The summed E-state index contributed by atoms with van der Waals surface area (Å²) in [5.41, 5.74) is 0.0471. The van der Waals surface area contributed by atoms with Crippen LogP contribution in [0.5, 0.6) is 0 Å². The van der Waals surface area contributed by atoms with Gasteiger partial charge in [-0.15, -0.1) is 12.6 Å². The summed E-state index contributed by atoms with van der Waals surface area (Å²) < 4.78 is 0. The number of hydrogen-bond donors (Lipinski definition) is 1. The van der Waals surface area contributed by atoms with Crippen LogP contribution in [0.4, 0.5) is 5.69 Å². The molecule has 0 saturated carbocycles. The molecule has 1 aromatic rings. The zero-order valence-electron chi connectivity index (χ0n) is 5.02. The fourth-order valence-electron chi connectivity index (χ4n) is 0.619. The molecule has 0 amide bonds. The predicted octanol–water partition coefficient (Wildman–Crippen LogP) is 1.23. The molecule has 0 saturated heterocycles. The van der Waals surface area contributed by atoms with Gasteiger partial charge in [0.2, 0.25) is 0 Å². The topological polar surface area (TPSA) is 43.1 Å². The first-order valence-corrected chi connectivity index (χ1v) is 3.09. The van der Waals surface area contributed by atoms with Crippen LogP contribution in [0.2, 0.25) is 0 Å². The third kappa shape index (κ3) is 2.83. The van der Waals surface area contributed by atoms with Crippen LogP contribution in [0.1, 0.15) is 0 Å². The zero-order chi connectivity index (χ0) is 7.56. The maximum atomic E-state index is 10.2. The van der Waals surface area contributed by atoms with Gasteiger partial charge in [0.25, 0.3) is 5.69 Å². The van der Waals surface area contributed by atoms with Crippen LogP contribution in [-0.4, -0.2) is 34.5 Å². The van der Waals surface area contributed by atoms with E-state index in [2.05, 4.69) is 12.6 Å². The standard InChI is InChI=1S/C6H5NO2S.Na.H/c8-7(9)5-3-1-2-4-6(5)10;;/h1-4,10H;;. The first-order chi connectivity index (χ1) is 4.72. The van der Waals surface area contributed by atoms with Crippen molar-refractivity contribution in [3.8, 4) is 0 Å². The van der Waals surface area contributed by atoms with Gasteiger partial charge in [0.1, 0.15) is 0 Å². The summed E-state index contributed by atoms with van der Waals surface area (Å²) in [6, 6.07) is 6.32. The molecule has 0 spiro atoms. The Labute approximate surface area is 91.7 Å². The van der Waals surface area contributed by atoms with Crippen molar-refractivity contribution in [2.45, 2.75) is 4.90 Å². The van der Waals surface area contributed by atoms with Gasteiger partial charge >= 0.3 is 29.6 Å². The summed E-state index contributed by atoms with van der Waals surface area (Å²) in [5.74, 6) is 0. The Morgan fingerprint density at radius 1 is 1.36 bits per heavy atom. The van der Waals surface area contributed by atoms with Crippen LogP contribution >= 0.6 is 12.6 Å². The second kappa shape index (κ2) is 4.77. The molecule has 0 aliphatic rings. The van der Waals surface area contributed by atoms with Gasteiger partial charge in [0.15, 0.2) is 0 Å². The molecule has 54 valence electrons. The SMILES string of the molecule is O=[N+]([O-])c1ccccc1S.[NaH]. The number of nitrogens with zero attached hydrogens (tertiary/aromatic N) is 1. The summed E-state index contributed by atoms with van der Waals surface area (Å²) in [7, 11) is 0. The van der Waals surface area contributed by atoms with Crippen LogP contribution < -0.4 is 0 Å². The van der Waals surface area contributed by atoms with Crippen molar-refractivity contribution >= 4 is 47.9 Å². The van der Waals surface area contributed by atoms with E-state index in [0.29, 0.717) is 4.90 Å². The number of rotatable bonds is 1. The molecule has 5 heteroatoms. The number of nitro groups is 1. The van der Waals surface area contributed by atoms with Gasteiger partial charge in [-0.1, -0.05) is 12.1 Å². The summed E-state index contributed by atoms with van der Waals surface area (Å²) >= 11 is 3.90.